The lowest BCUT2D eigenvalue weighted by Gasteiger charge is -2.20. The van der Waals surface area contributed by atoms with Crippen LogP contribution in [0.5, 0.6) is 5.75 Å². The van der Waals surface area contributed by atoms with Crippen molar-refractivity contribution in [2.75, 3.05) is 39.8 Å². The van der Waals surface area contributed by atoms with Crippen molar-refractivity contribution in [3.8, 4) is 5.75 Å². The van der Waals surface area contributed by atoms with E-state index in [1.165, 1.54) is 30.0 Å². The number of hydrogen-bond acceptors (Lipinski definition) is 4. The van der Waals surface area contributed by atoms with Crippen molar-refractivity contribution in [3.05, 3.63) is 58.3 Å². The van der Waals surface area contributed by atoms with Gasteiger partial charge in [-0.05, 0) is 48.7 Å². The molecule has 1 aliphatic rings. The molecule has 3 rings (SSSR count). The number of hydrogen-bond donors (Lipinski definition) is 0. The molecular formula is C20H26N2OS. The molecule has 128 valence electrons. The molecule has 1 aromatic heterocycles. The van der Waals surface area contributed by atoms with Gasteiger partial charge in [-0.1, -0.05) is 30.4 Å². The second-order valence-electron chi connectivity index (χ2n) is 6.19. The summed E-state index contributed by atoms with van der Waals surface area (Å²) < 4.78 is 5.19. The molecule has 2 aromatic rings. The van der Waals surface area contributed by atoms with Crippen LogP contribution in [-0.4, -0.2) is 49.6 Å². The molecule has 0 spiro atoms. The fourth-order valence-corrected chi connectivity index (χ4v) is 3.79. The first-order chi connectivity index (χ1) is 11.8. The van der Waals surface area contributed by atoms with Gasteiger partial charge < -0.3 is 4.74 Å². The van der Waals surface area contributed by atoms with E-state index in [9.17, 15) is 0 Å². The van der Waals surface area contributed by atoms with Crippen molar-refractivity contribution in [1.29, 1.82) is 0 Å². The standard InChI is InChI=1S/C20H26N2OS/c1-23-19-9-7-18(8-10-19)5-2-11-21-12-4-13-22(15-14-21)17-20-6-3-16-24-20/h2-3,5-10,16H,4,11-15,17H2,1H3/b5-2+. The molecule has 2 heterocycles. The molecule has 1 aliphatic heterocycles. The van der Waals surface area contributed by atoms with E-state index in [1.54, 1.807) is 7.11 Å². The summed E-state index contributed by atoms with van der Waals surface area (Å²) in [5, 5.41) is 2.17. The second kappa shape index (κ2) is 9.02. The van der Waals surface area contributed by atoms with Crippen LogP contribution >= 0.6 is 11.3 Å². The molecule has 1 fully saturated rings. The minimum atomic E-state index is 0.908. The van der Waals surface area contributed by atoms with E-state index >= 15 is 0 Å². The molecule has 3 nitrogen and oxygen atoms in total. The zero-order valence-corrected chi connectivity index (χ0v) is 15.2. The van der Waals surface area contributed by atoms with E-state index in [1.807, 2.05) is 23.5 Å². The average Bonchev–Trinajstić information content (AvgIpc) is 3.02. The molecular weight excluding hydrogens is 316 g/mol. The van der Waals surface area contributed by atoms with Gasteiger partial charge in [-0.25, -0.2) is 0 Å². The molecule has 1 saturated heterocycles. The third kappa shape index (κ3) is 5.20. The molecule has 0 aliphatic carbocycles. The smallest absolute Gasteiger partial charge is 0.118 e. The highest BCUT2D eigenvalue weighted by molar-refractivity contribution is 7.09. The lowest BCUT2D eigenvalue weighted by molar-refractivity contribution is 0.264. The maximum absolute atomic E-state index is 5.19. The third-order valence-corrected chi connectivity index (χ3v) is 5.29. The van der Waals surface area contributed by atoms with Crippen LogP contribution in [0.3, 0.4) is 0 Å². The maximum atomic E-state index is 5.19. The molecule has 0 radical (unpaired) electrons. The van der Waals surface area contributed by atoms with Crippen molar-refractivity contribution in [2.45, 2.75) is 13.0 Å². The molecule has 4 heteroatoms. The SMILES string of the molecule is COc1ccc(/C=C/CN2CCCN(Cc3cccs3)CC2)cc1. The predicted molar refractivity (Wildman–Crippen MR) is 103 cm³/mol. The number of benzene rings is 1. The molecule has 0 saturated carbocycles. The van der Waals surface area contributed by atoms with Gasteiger partial charge in [0.2, 0.25) is 0 Å². The van der Waals surface area contributed by atoms with Gasteiger partial charge in [-0.3, -0.25) is 9.80 Å². The van der Waals surface area contributed by atoms with E-state index in [0.29, 0.717) is 0 Å². The first-order valence-corrected chi connectivity index (χ1v) is 9.49. The summed E-state index contributed by atoms with van der Waals surface area (Å²) >= 11 is 1.86. The Morgan fingerprint density at radius 3 is 2.58 bits per heavy atom. The summed E-state index contributed by atoms with van der Waals surface area (Å²) in [6, 6.07) is 12.6. The molecule has 24 heavy (non-hydrogen) atoms. The van der Waals surface area contributed by atoms with E-state index in [0.717, 1.165) is 31.9 Å². The van der Waals surface area contributed by atoms with Gasteiger partial charge in [-0.15, -0.1) is 11.3 Å². The van der Waals surface area contributed by atoms with E-state index in [2.05, 4.69) is 51.6 Å². The lowest BCUT2D eigenvalue weighted by atomic mass is 10.2. The van der Waals surface area contributed by atoms with Crippen LogP contribution in [0.15, 0.2) is 47.9 Å². The van der Waals surface area contributed by atoms with Gasteiger partial charge in [0.25, 0.3) is 0 Å². The zero-order chi connectivity index (χ0) is 16.6. The number of nitrogens with zero attached hydrogens (tertiary/aromatic N) is 2. The van der Waals surface area contributed by atoms with Crippen molar-refractivity contribution in [2.24, 2.45) is 0 Å². The molecule has 1 aromatic carbocycles. The van der Waals surface area contributed by atoms with Gasteiger partial charge in [0.15, 0.2) is 0 Å². The summed E-state index contributed by atoms with van der Waals surface area (Å²) in [7, 11) is 1.70. The molecule has 0 atom stereocenters. The van der Waals surface area contributed by atoms with Gasteiger partial charge in [0.05, 0.1) is 7.11 Å². The fraction of sp³-hybridized carbons (Fsp3) is 0.400. The Hall–Kier alpha value is -1.62. The van der Waals surface area contributed by atoms with Crippen LogP contribution in [0.4, 0.5) is 0 Å². The van der Waals surface area contributed by atoms with E-state index < -0.39 is 0 Å². The Bertz CT molecular complexity index is 622. The highest BCUT2D eigenvalue weighted by atomic mass is 32.1. The topological polar surface area (TPSA) is 15.7 Å². The Kier molecular flexibility index (Phi) is 6.47. The number of thiophene rings is 1. The minimum Gasteiger partial charge on any atom is -0.497 e. The first-order valence-electron chi connectivity index (χ1n) is 8.61. The second-order valence-corrected chi connectivity index (χ2v) is 7.22. The Morgan fingerprint density at radius 1 is 1.04 bits per heavy atom. The molecule has 0 N–H and O–H groups in total. The summed E-state index contributed by atoms with van der Waals surface area (Å²) in [6.07, 6.45) is 5.73. The van der Waals surface area contributed by atoms with Crippen LogP contribution in [0.1, 0.15) is 16.9 Å². The molecule has 0 unspecified atom stereocenters. The van der Waals surface area contributed by atoms with Gasteiger partial charge in [0, 0.05) is 31.1 Å². The highest BCUT2D eigenvalue weighted by Gasteiger charge is 2.14. The number of rotatable bonds is 6. The van der Waals surface area contributed by atoms with Crippen molar-refractivity contribution >= 4 is 17.4 Å². The number of ether oxygens (including phenoxy) is 1. The summed E-state index contributed by atoms with van der Waals surface area (Å²) in [5.41, 5.74) is 1.23. The van der Waals surface area contributed by atoms with Crippen LogP contribution in [-0.2, 0) is 6.54 Å². The van der Waals surface area contributed by atoms with E-state index in [-0.39, 0.29) is 0 Å². The van der Waals surface area contributed by atoms with Crippen LogP contribution in [0.2, 0.25) is 0 Å². The Labute approximate surface area is 149 Å². The third-order valence-electron chi connectivity index (χ3n) is 4.43. The van der Waals surface area contributed by atoms with Gasteiger partial charge in [0.1, 0.15) is 5.75 Å². The van der Waals surface area contributed by atoms with Crippen molar-refractivity contribution in [1.82, 2.24) is 9.80 Å². The highest BCUT2D eigenvalue weighted by Crippen LogP contribution is 2.14. The summed E-state index contributed by atoms with van der Waals surface area (Å²) in [4.78, 5) is 6.61. The number of methoxy groups -OCH3 is 1. The largest absolute Gasteiger partial charge is 0.497 e. The normalized spacial score (nSPS) is 17.2. The van der Waals surface area contributed by atoms with E-state index in [4.69, 9.17) is 4.74 Å². The fourth-order valence-electron chi connectivity index (χ4n) is 3.04. The Balaban J connectivity index is 1.44. The summed E-state index contributed by atoms with van der Waals surface area (Å²) in [6.45, 7) is 6.84. The van der Waals surface area contributed by atoms with Crippen LogP contribution in [0, 0.1) is 0 Å². The molecule has 0 bridgehead atoms. The lowest BCUT2D eigenvalue weighted by Crippen LogP contribution is -2.30. The van der Waals surface area contributed by atoms with Gasteiger partial charge in [-0.2, -0.15) is 0 Å². The van der Waals surface area contributed by atoms with Crippen LogP contribution < -0.4 is 4.74 Å². The average molecular weight is 343 g/mol. The van der Waals surface area contributed by atoms with Gasteiger partial charge >= 0.3 is 0 Å². The maximum Gasteiger partial charge on any atom is 0.118 e. The van der Waals surface area contributed by atoms with Crippen molar-refractivity contribution in [3.63, 3.8) is 0 Å². The zero-order valence-electron chi connectivity index (χ0n) is 14.4. The first kappa shape index (κ1) is 17.2. The van der Waals surface area contributed by atoms with Crippen molar-refractivity contribution < 1.29 is 4.74 Å². The quantitative estimate of drug-likeness (QED) is 0.790. The minimum absolute atomic E-state index is 0.908. The van der Waals surface area contributed by atoms with Crippen LogP contribution in [0.25, 0.3) is 6.08 Å². The monoisotopic (exact) mass is 342 g/mol. The summed E-state index contributed by atoms with van der Waals surface area (Å²) in [5.74, 6) is 0.908. The Morgan fingerprint density at radius 2 is 1.83 bits per heavy atom. The predicted octanol–water partition coefficient (Wildman–Crippen LogP) is 3.98. The molecule has 0 amide bonds.